The lowest BCUT2D eigenvalue weighted by atomic mass is 10.1. The second-order valence-corrected chi connectivity index (χ2v) is 7.17. The van der Waals surface area contributed by atoms with E-state index in [4.69, 9.17) is 12.2 Å². The van der Waals surface area contributed by atoms with E-state index in [0.29, 0.717) is 11.2 Å². The molecule has 3 N–H and O–H groups in total. The van der Waals surface area contributed by atoms with Crippen LogP contribution in [-0.2, 0) is 0 Å². The number of nitrogens with one attached hydrogen (secondary N) is 3. The maximum absolute atomic E-state index is 5.42. The van der Waals surface area contributed by atoms with Gasteiger partial charge in [-0.05, 0) is 60.8 Å². The Labute approximate surface area is 142 Å². The third kappa shape index (κ3) is 4.53. The smallest absolute Gasteiger partial charge is 0.171 e. The molecule has 1 heterocycles. The average Bonchev–Trinajstić information content (AvgIpc) is 2.97. The summed E-state index contributed by atoms with van der Waals surface area (Å²) in [6.45, 7) is 5.04. The van der Waals surface area contributed by atoms with E-state index in [2.05, 4.69) is 74.3 Å². The van der Waals surface area contributed by atoms with Gasteiger partial charge < -0.3 is 15.5 Å². The Morgan fingerprint density at radius 3 is 2.59 bits per heavy atom. The summed E-state index contributed by atoms with van der Waals surface area (Å²) in [5, 5.41) is 9.40. The predicted molar refractivity (Wildman–Crippen MR) is 100 cm³/mol. The van der Waals surface area contributed by atoms with Gasteiger partial charge in [0.25, 0.3) is 0 Å². The van der Waals surface area contributed by atoms with Crippen LogP contribution in [-0.4, -0.2) is 25.8 Å². The molecular formula is C17H24N3S2+. The lowest BCUT2D eigenvalue weighted by Gasteiger charge is -2.21. The minimum Gasteiger partial charge on any atom is -0.356 e. The topological polar surface area (TPSA) is 28.5 Å². The van der Waals surface area contributed by atoms with Crippen LogP contribution in [0.1, 0.15) is 22.0 Å². The van der Waals surface area contributed by atoms with Gasteiger partial charge in [0.15, 0.2) is 5.11 Å². The molecule has 0 fully saturated rings. The lowest BCUT2D eigenvalue weighted by Crippen LogP contribution is -3.06. The average molecular weight is 335 g/mol. The number of anilines is 1. The minimum absolute atomic E-state index is 0.402. The predicted octanol–water partition coefficient (Wildman–Crippen LogP) is 2.54. The van der Waals surface area contributed by atoms with Crippen LogP contribution in [0.25, 0.3) is 0 Å². The number of benzene rings is 1. The first kappa shape index (κ1) is 16.9. The van der Waals surface area contributed by atoms with E-state index in [-0.39, 0.29) is 0 Å². The highest BCUT2D eigenvalue weighted by Crippen LogP contribution is 2.16. The zero-order valence-electron chi connectivity index (χ0n) is 13.6. The Balaban J connectivity index is 1.92. The van der Waals surface area contributed by atoms with Crippen molar-refractivity contribution in [3.05, 3.63) is 51.7 Å². The standard InChI is InChI=1S/C17H23N3S2/c1-12-7-8-14(10-13(12)2)19-17(21)18-11-15(20(3)4)16-6-5-9-22-16/h5-10,15H,11H2,1-4H3,(H2,18,19,21)/p+1/t15-/m1/s1. The molecule has 0 aliphatic rings. The van der Waals surface area contributed by atoms with Crippen LogP contribution < -0.4 is 15.5 Å². The molecule has 0 amide bonds. The molecule has 0 spiro atoms. The molecule has 0 aliphatic heterocycles. The van der Waals surface area contributed by atoms with E-state index in [1.807, 2.05) is 0 Å². The molecule has 0 bridgehead atoms. The van der Waals surface area contributed by atoms with Gasteiger partial charge in [-0.25, -0.2) is 0 Å². The molecule has 0 unspecified atom stereocenters. The molecule has 2 aromatic rings. The Morgan fingerprint density at radius 2 is 2.00 bits per heavy atom. The maximum Gasteiger partial charge on any atom is 0.171 e. The zero-order chi connectivity index (χ0) is 16.1. The SMILES string of the molecule is Cc1ccc(NC(=S)NC[C@H](c2cccs2)[NH+](C)C)cc1C. The van der Waals surface area contributed by atoms with E-state index in [0.717, 1.165) is 12.2 Å². The summed E-state index contributed by atoms with van der Waals surface area (Å²) in [5.74, 6) is 0. The number of aryl methyl sites for hydroxylation is 2. The van der Waals surface area contributed by atoms with Gasteiger partial charge >= 0.3 is 0 Å². The van der Waals surface area contributed by atoms with Crippen LogP contribution in [0.3, 0.4) is 0 Å². The first-order chi connectivity index (χ1) is 10.5. The maximum atomic E-state index is 5.42. The molecule has 0 aliphatic carbocycles. The van der Waals surface area contributed by atoms with Crippen molar-refractivity contribution in [3.63, 3.8) is 0 Å². The molecule has 3 nitrogen and oxygen atoms in total. The van der Waals surface area contributed by atoms with Crippen molar-refractivity contribution >= 4 is 34.4 Å². The summed E-state index contributed by atoms with van der Waals surface area (Å²) in [6, 6.07) is 11.0. The van der Waals surface area contributed by atoms with Gasteiger partial charge in [0.1, 0.15) is 6.04 Å². The van der Waals surface area contributed by atoms with E-state index >= 15 is 0 Å². The highest BCUT2D eigenvalue weighted by molar-refractivity contribution is 7.80. The van der Waals surface area contributed by atoms with Crippen LogP contribution in [0.5, 0.6) is 0 Å². The molecule has 0 saturated carbocycles. The van der Waals surface area contributed by atoms with Gasteiger partial charge in [0.05, 0.1) is 25.5 Å². The molecule has 5 heteroatoms. The molecular weight excluding hydrogens is 310 g/mol. The molecule has 1 aromatic carbocycles. The monoisotopic (exact) mass is 334 g/mol. The molecule has 22 heavy (non-hydrogen) atoms. The summed E-state index contributed by atoms with van der Waals surface area (Å²) >= 11 is 7.21. The minimum atomic E-state index is 0.402. The Bertz CT molecular complexity index is 621. The van der Waals surface area contributed by atoms with Crippen LogP contribution >= 0.6 is 23.6 Å². The van der Waals surface area contributed by atoms with Crippen LogP contribution in [0.4, 0.5) is 5.69 Å². The van der Waals surface area contributed by atoms with E-state index < -0.39 is 0 Å². The normalized spacial score (nSPS) is 12.2. The Morgan fingerprint density at radius 1 is 1.23 bits per heavy atom. The summed E-state index contributed by atoms with van der Waals surface area (Å²) in [7, 11) is 4.34. The summed E-state index contributed by atoms with van der Waals surface area (Å²) < 4.78 is 0. The second-order valence-electron chi connectivity index (χ2n) is 5.78. The van der Waals surface area contributed by atoms with Crippen molar-refractivity contribution in [1.82, 2.24) is 5.32 Å². The van der Waals surface area contributed by atoms with Crippen molar-refractivity contribution in [3.8, 4) is 0 Å². The first-order valence-electron chi connectivity index (χ1n) is 7.43. The van der Waals surface area contributed by atoms with Crippen molar-refractivity contribution in [2.45, 2.75) is 19.9 Å². The number of thiocarbonyl (C=S) groups is 1. The number of hydrogen-bond acceptors (Lipinski definition) is 2. The fourth-order valence-electron chi connectivity index (χ4n) is 2.27. The highest BCUT2D eigenvalue weighted by Gasteiger charge is 2.18. The summed E-state index contributed by atoms with van der Waals surface area (Å²) in [5.41, 5.74) is 3.59. The Kier molecular flexibility index (Phi) is 5.94. The van der Waals surface area contributed by atoms with Gasteiger partial charge in [-0.1, -0.05) is 12.1 Å². The van der Waals surface area contributed by atoms with Gasteiger partial charge in [-0.2, -0.15) is 0 Å². The lowest BCUT2D eigenvalue weighted by molar-refractivity contribution is -0.890. The quantitative estimate of drug-likeness (QED) is 0.734. The fourth-order valence-corrected chi connectivity index (χ4v) is 3.42. The summed E-state index contributed by atoms with van der Waals surface area (Å²) in [6.07, 6.45) is 0. The van der Waals surface area contributed by atoms with Crippen molar-refractivity contribution < 1.29 is 4.90 Å². The molecule has 118 valence electrons. The fraction of sp³-hybridized carbons (Fsp3) is 0.353. The van der Waals surface area contributed by atoms with Crippen LogP contribution in [0, 0.1) is 13.8 Å². The molecule has 0 saturated heterocycles. The van der Waals surface area contributed by atoms with Crippen LogP contribution in [0.15, 0.2) is 35.7 Å². The largest absolute Gasteiger partial charge is 0.356 e. The number of hydrogen-bond donors (Lipinski definition) is 3. The van der Waals surface area contributed by atoms with E-state index in [1.165, 1.54) is 20.9 Å². The third-order valence-corrected chi connectivity index (χ3v) is 5.05. The van der Waals surface area contributed by atoms with E-state index in [9.17, 15) is 0 Å². The van der Waals surface area contributed by atoms with Crippen molar-refractivity contribution in [1.29, 1.82) is 0 Å². The first-order valence-corrected chi connectivity index (χ1v) is 8.71. The van der Waals surface area contributed by atoms with Crippen molar-refractivity contribution in [2.75, 3.05) is 26.0 Å². The molecule has 1 atom stereocenters. The number of thiophene rings is 1. The third-order valence-electron chi connectivity index (χ3n) is 3.82. The molecule has 1 aromatic heterocycles. The number of quaternary nitrogens is 1. The second kappa shape index (κ2) is 7.72. The van der Waals surface area contributed by atoms with Crippen LogP contribution in [0.2, 0.25) is 0 Å². The molecule has 2 rings (SSSR count). The van der Waals surface area contributed by atoms with Gasteiger partial charge in [-0.3, -0.25) is 0 Å². The van der Waals surface area contributed by atoms with Crippen molar-refractivity contribution in [2.24, 2.45) is 0 Å². The van der Waals surface area contributed by atoms with Gasteiger partial charge in [0.2, 0.25) is 0 Å². The van der Waals surface area contributed by atoms with E-state index in [1.54, 1.807) is 11.3 Å². The number of rotatable bonds is 5. The Hall–Kier alpha value is -1.43. The zero-order valence-corrected chi connectivity index (χ0v) is 15.2. The summed E-state index contributed by atoms with van der Waals surface area (Å²) in [4.78, 5) is 2.77. The van der Waals surface area contributed by atoms with Gasteiger partial charge in [0, 0.05) is 5.69 Å². The van der Waals surface area contributed by atoms with Gasteiger partial charge in [-0.15, -0.1) is 11.3 Å². The molecule has 0 radical (unpaired) electrons. The highest BCUT2D eigenvalue weighted by atomic mass is 32.1. The number of likely N-dealkylation sites (N-methyl/N-ethyl adjacent to an activating group) is 1.